The molecule has 212 valence electrons. The third-order valence-corrected chi connectivity index (χ3v) is 6.47. The van der Waals surface area contributed by atoms with Crippen molar-refractivity contribution in [3.05, 3.63) is 81.9 Å². The van der Waals surface area contributed by atoms with Gasteiger partial charge >= 0.3 is 11.9 Å². The van der Waals surface area contributed by atoms with Crippen molar-refractivity contribution in [3.8, 4) is 11.5 Å². The maximum Gasteiger partial charge on any atom is 0.330 e. The Hall–Kier alpha value is -3.04. The lowest BCUT2D eigenvalue weighted by Crippen LogP contribution is -2.25. The summed E-state index contributed by atoms with van der Waals surface area (Å²) in [4.78, 5) is 22.3. The van der Waals surface area contributed by atoms with Crippen LogP contribution in [-0.2, 0) is 24.5 Å². The minimum absolute atomic E-state index is 0.116. The van der Waals surface area contributed by atoms with Crippen molar-refractivity contribution in [1.29, 1.82) is 0 Å². The number of hydrogen-bond donors (Lipinski definition) is 2. The normalized spacial score (nSPS) is 12.7. The SMILES string of the molecule is C=CC(=O)OCC(O)COc1c(C)cc(C(C)(C)c2cc(C)c(OCC(O)COC(=O)C=C)c(Cl)c2)cc1Cl. The minimum Gasteiger partial charge on any atom is -0.489 e. The van der Waals surface area contributed by atoms with Crippen LogP contribution < -0.4 is 9.47 Å². The van der Waals surface area contributed by atoms with Crippen molar-refractivity contribution in [2.75, 3.05) is 26.4 Å². The molecule has 2 unspecified atom stereocenters. The molecular weight excluding hydrogens is 547 g/mol. The Morgan fingerprint density at radius 2 is 1.15 bits per heavy atom. The maximum atomic E-state index is 11.2. The van der Waals surface area contributed by atoms with Crippen LogP contribution in [0.15, 0.2) is 49.6 Å². The number of aliphatic hydroxyl groups excluding tert-OH is 2. The summed E-state index contributed by atoms with van der Waals surface area (Å²) in [6.45, 7) is 13.7. The van der Waals surface area contributed by atoms with E-state index < -0.39 is 29.6 Å². The molecule has 0 saturated heterocycles. The van der Waals surface area contributed by atoms with Crippen LogP contribution in [0.4, 0.5) is 0 Å². The number of benzene rings is 2. The number of hydrogen-bond acceptors (Lipinski definition) is 8. The van der Waals surface area contributed by atoms with Gasteiger partial charge in [0.1, 0.15) is 50.1 Å². The Kier molecular flexibility index (Phi) is 11.9. The fraction of sp³-hybridized carbons (Fsp3) is 0.379. The van der Waals surface area contributed by atoms with Crippen LogP contribution in [-0.4, -0.2) is 60.8 Å². The smallest absolute Gasteiger partial charge is 0.330 e. The lowest BCUT2D eigenvalue weighted by Gasteiger charge is -2.29. The highest BCUT2D eigenvalue weighted by Crippen LogP contribution is 2.41. The summed E-state index contributed by atoms with van der Waals surface area (Å²) in [5.41, 5.74) is 2.81. The van der Waals surface area contributed by atoms with Crippen LogP contribution >= 0.6 is 23.2 Å². The number of carbonyl (C=O) groups excluding carboxylic acids is 2. The number of aryl methyl sites for hydroxylation is 2. The van der Waals surface area contributed by atoms with E-state index in [-0.39, 0.29) is 26.4 Å². The Morgan fingerprint density at radius 1 is 0.795 bits per heavy atom. The van der Waals surface area contributed by atoms with E-state index in [1.807, 2.05) is 39.8 Å². The highest BCUT2D eigenvalue weighted by Gasteiger charge is 2.27. The van der Waals surface area contributed by atoms with Crippen molar-refractivity contribution < 1.29 is 38.7 Å². The summed E-state index contributed by atoms with van der Waals surface area (Å²) in [7, 11) is 0. The average Bonchev–Trinajstić information content (AvgIpc) is 2.88. The summed E-state index contributed by atoms with van der Waals surface area (Å²) < 4.78 is 21.1. The van der Waals surface area contributed by atoms with Crippen molar-refractivity contribution in [2.24, 2.45) is 0 Å². The summed E-state index contributed by atoms with van der Waals surface area (Å²) in [6, 6.07) is 7.48. The van der Waals surface area contributed by atoms with Crippen LogP contribution in [0.2, 0.25) is 10.0 Å². The molecule has 39 heavy (non-hydrogen) atoms. The van der Waals surface area contributed by atoms with E-state index in [9.17, 15) is 19.8 Å². The molecule has 2 aromatic rings. The zero-order valence-electron chi connectivity index (χ0n) is 22.5. The molecule has 2 rings (SSSR count). The molecule has 0 aliphatic carbocycles. The summed E-state index contributed by atoms with van der Waals surface area (Å²) in [6.07, 6.45) is -0.0355. The fourth-order valence-corrected chi connectivity index (χ4v) is 4.29. The van der Waals surface area contributed by atoms with Crippen molar-refractivity contribution >= 4 is 35.1 Å². The van der Waals surface area contributed by atoms with Gasteiger partial charge in [0.05, 0.1) is 10.0 Å². The van der Waals surface area contributed by atoms with Gasteiger partial charge in [-0.05, 0) is 48.2 Å². The van der Waals surface area contributed by atoms with Gasteiger partial charge in [-0.15, -0.1) is 0 Å². The molecule has 0 radical (unpaired) electrons. The monoisotopic (exact) mass is 580 g/mol. The lowest BCUT2D eigenvalue weighted by molar-refractivity contribution is -0.142. The van der Waals surface area contributed by atoms with E-state index in [0.717, 1.165) is 34.4 Å². The molecular formula is C29H34Cl2O8. The highest BCUT2D eigenvalue weighted by molar-refractivity contribution is 6.32. The van der Waals surface area contributed by atoms with Crippen LogP contribution in [0.1, 0.15) is 36.1 Å². The van der Waals surface area contributed by atoms with Crippen LogP contribution in [0.25, 0.3) is 0 Å². The number of carbonyl (C=O) groups is 2. The number of rotatable bonds is 14. The molecule has 2 N–H and O–H groups in total. The van der Waals surface area contributed by atoms with Crippen molar-refractivity contribution in [1.82, 2.24) is 0 Å². The number of esters is 2. The molecule has 2 aromatic carbocycles. The van der Waals surface area contributed by atoms with Crippen molar-refractivity contribution in [2.45, 2.75) is 45.3 Å². The van der Waals surface area contributed by atoms with E-state index in [0.29, 0.717) is 21.5 Å². The van der Waals surface area contributed by atoms with Crippen LogP contribution in [0, 0.1) is 13.8 Å². The quantitative estimate of drug-likeness (QED) is 0.240. The first-order chi connectivity index (χ1) is 18.3. The predicted octanol–water partition coefficient (Wildman–Crippen LogP) is 4.87. The van der Waals surface area contributed by atoms with Gasteiger partial charge < -0.3 is 29.2 Å². The third-order valence-electron chi connectivity index (χ3n) is 5.91. The minimum atomic E-state index is -1.03. The molecule has 0 aromatic heterocycles. The molecule has 10 heteroatoms. The summed E-state index contributed by atoms with van der Waals surface area (Å²) >= 11 is 13.1. The van der Waals surface area contributed by atoms with Gasteiger partial charge in [-0.25, -0.2) is 9.59 Å². The van der Waals surface area contributed by atoms with E-state index in [1.165, 1.54) is 0 Å². The molecule has 0 spiro atoms. The third kappa shape index (κ3) is 9.00. The van der Waals surface area contributed by atoms with Crippen LogP contribution in [0.3, 0.4) is 0 Å². The van der Waals surface area contributed by atoms with Gasteiger partial charge in [0, 0.05) is 17.6 Å². The number of aliphatic hydroxyl groups is 2. The molecule has 0 bridgehead atoms. The van der Waals surface area contributed by atoms with Gasteiger partial charge in [-0.3, -0.25) is 0 Å². The summed E-state index contributed by atoms with van der Waals surface area (Å²) in [5.74, 6) is -0.427. The Morgan fingerprint density at radius 3 is 1.46 bits per heavy atom. The first-order valence-corrected chi connectivity index (χ1v) is 12.9. The predicted molar refractivity (Wildman–Crippen MR) is 150 cm³/mol. The molecule has 2 atom stereocenters. The second-order valence-electron chi connectivity index (χ2n) is 9.43. The second kappa shape index (κ2) is 14.4. The van der Waals surface area contributed by atoms with E-state index in [4.69, 9.17) is 42.1 Å². The maximum absolute atomic E-state index is 11.2. The Balaban J connectivity index is 2.16. The molecule has 0 heterocycles. The van der Waals surface area contributed by atoms with Gasteiger partial charge in [0.2, 0.25) is 0 Å². The Labute approximate surface area is 238 Å². The molecule has 0 saturated carbocycles. The topological polar surface area (TPSA) is 112 Å². The first-order valence-electron chi connectivity index (χ1n) is 12.1. The van der Waals surface area contributed by atoms with E-state index >= 15 is 0 Å². The van der Waals surface area contributed by atoms with Crippen LogP contribution in [0.5, 0.6) is 11.5 Å². The Bertz CT molecular complexity index is 1070. The van der Waals surface area contributed by atoms with Gasteiger partial charge in [-0.2, -0.15) is 0 Å². The van der Waals surface area contributed by atoms with Gasteiger partial charge in [0.15, 0.2) is 0 Å². The molecule has 0 aliphatic heterocycles. The molecule has 0 amide bonds. The average molecular weight is 581 g/mol. The van der Waals surface area contributed by atoms with E-state index in [1.54, 1.807) is 12.1 Å². The lowest BCUT2D eigenvalue weighted by atomic mass is 9.77. The zero-order chi connectivity index (χ0) is 29.3. The molecule has 0 aliphatic rings. The largest absolute Gasteiger partial charge is 0.489 e. The molecule has 0 fully saturated rings. The molecule has 8 nitrogen and oxygen atoms in total. The second-order valence-corrected chi connectivity index (χ2v) is 10.2. The fourth-order valence-electron chi connectivity index (χ4n) is 3.65. The van der Waals surface area contributed by atoms with Crippen molar-refractivity contribution in [3.63, 3.8) is 0 Å². The van der Waals surface area contributed by atoms with Gasteiger partial charge in [-0.1, -0.05) is 62.3 Å². The van der Waals surface area contributed by atoms with E-state index in [2.05, 4.69) is 13.2 Å². The number of ether oxygens (including phenoxy) is 4. The summed E-state index contributed by atoms with van der Waals surface area (Å²) in [5, 5.41) is 20.8. The number of halogens is 2. The standard InChI is InChI=1S/C29H34Cl2O8/c1-7-25(34)36-13-21(32)15-38-27-17(3)9-19(11-23(27)30)29(5,6)20-10-18(4)28(24(31)12-20)39-16-22(33)14-37-26(35)8-2/h7-12,21-22,32-33H,1-2,13-16H2,3-6H3. The zero-order valence-corrected chi connectivity index (χ0v) is 24.0. The van der Waals surface area contributed by atoms with Gasteiger partial charge in [0.25, 0.3) is 0 Å². The highest BCUT2D eigenvalue weighted by atomic mass is 35.5. The first kappa shape index (κ1) is 32.2.